The number of urea groups is 1. The van der Waals surface area contributed by atoms with Gasteiger partial charge in [-0.2, -0.15) is 4.31 Å². The fourth-order valence-electron chi connectivity index (χ4n) is 3.63. The van der Waals surface area contributed by atoms with Crippen molar-refractivity contribution >= 4 is 16.1 Å². The highest BCUT2D eigenvalue weighted by Gasteiger charge is 2.29. The van der Waals surface area contributed by atoms with E-state index in [1.165, 1.54) is 16.4 Å². The van der Waals surface area contributed by atoms with Crippen LogP contribution in [0.3, 0.4) is 0 Å². The fourth-order valence-corrected chi connectivity index (χ4v) is 5.10. The van der Waals surface area contributed by atoms with Crippen molar-refractivity contribution in [2.45, 2.75) is 37.1 Å². The number of carbonyl (C=O) groups excluding carboxylic acids is 1. The summed E-state index contributed by atoms with van der Waals surface area (Å²) in [6, 6.07) is 14.4. The Labute approximate surface area is 177 Å². The van der Waals surface area contributed by atoms with E-state index >= 15 is 0 Å². The summed E-state index contributed by atoms with van der Waals surface area (Å²) in [5.74, 6) is -0.479. The number of nitrogens with one attached hydrogen (secondary N) is 1. The maximum absolute atomic E-state index is 13.1. The van der Waals surface area contributed by atoms with Gasteiger partial charge in [-0.05, 0) is 42.7 Å². The second-order valence-corrected chi connectivity index (χ2v) is 9.34. The SMILES string of the molecule is CCCC(NC(=O)N1CCCN(S(=O)(=O)c2ccc(F)cc2)CC1)c1ccccc1. The largest absolute Gasteiger partial charge is 0.331 e. The number of hydrogen-bond donors (Lipinski definition) is 1. The van der Waals surface area contributed by atoms with Crippen LogP contribution in [0, 0.1) is 5.82 Å². The number of carbonyl (C=O) groups is 1. The molecule has 30 heavy (non-hydrogen) atoms. The first-order valence-electron chi connectivity index (χ1n) is 10.3. The van der Waals surface area contributed by atoms with Crippen molar-refractivity contribution in [2.24, 2.45) is 0 Å². The molecule has 162 valence electrons. The Balaban J connectivity index is 1.65. The molecule has 1 saturated heterocycles. The summed E-state index contributed by atoms with van der Waals surface area (Å²) >= 11 is 0. The second kappa shape index (κ2) is 10.0. The maximum Gasteiger partial charge on any atom is 0.317 e. The summed E-state index contributed by atoms with van der Waals surface area (Å²) in [7, 11) is -3.72. The van der Waals surface area contributed by atoms with Gasteiger partial charge < -0.3 is 10.2 Å². The van der Waals surface area contributed by atoms with Gasteiger partial charge >= 0.3 is 6.03 Å². The predicted molar refractivity (Wildman–Crippen MR) is 114 cm³/mol. The van der Waals surface area contributed by atoms with Gasteiger partial charge in [0.2, 0.25) is 10.0 Å². The molecule has 1 atom stereocenters. The van der Waals surface area contributed by atoms with Crippen LogP contribution in [0.1, 0.15) is 37.8 Å². The van der Waals surface area contributed by atoms with Crippen LogP contribution in [0.15, 0.2) is 59.5 Å². The van der Waals surface area contributed by atoms with Crippen LogP contribution in [-0.2, 0) is 10.0 Å². The molecule has 0 radical (unpaired) electrons. The molecule has 1 fully saturated rings. The summed E-state index contributed by atoms with van der Waals surface area (Å²) in [5.41, 5.74) is 1.06. The van der Waals surface area contributed by atoms with E-state index in [0.717, 1.165) is 30.5 Å². The number of nitrogens with zero attached hydrogens (tertiary/aromatic N) is 2. The van der Waals surface area contributed by atoms with E-state index < -0.39 is 15.8 Å². The first kappa shape index (κ1) is 22.2. The van der Waals surface area contributed by atoms with E-state index in [-0.39, 0.29) is 23.5 Å². The minimum Gasteiger partial charge on any atom is -0.331 e. The minimum absolute atomic E-state index is 0.0638. The van der Waals surface area contributed by atoms with E-state index in [4.69, 9.17) is 0 Å². The van der Waals surface area contributed by atoms with Gasteiger partial charge in [-0.25, -0.2) is 17.6 Å². The van der Waals surface area contributed by atoms with Gasteiger partial charge in [-0.15, -0.1) is 0 Å². The number of sulfonamides is 1. The topological polar surface area (TPSA) is 69.7 Å². The lowest BCUT2D eigenvalue weighted by Crippen LogP contribution is -2.43. The molecule has 1 unspecified atom stereocenters. The Bertz CT molecular complexity index is 936. The average Bonchev–Trinajstić information content (AvgIpc) is 3.01. The molecule has 1 heterocycles. The van der Waals surface area contributed by atoms with Crippen LogP contribution in [0.5, 0.6) is 0 Å². The third-order valence-corrected chi connectivity index (χ3v) is 7.18. The molecule has 6 nitrogen and oxygen atoms in total. The molecule has 1 aliphatic heterocycles. The first-order chi connectivity index (χ1) is 14.4. The lowest BCUT2D eigenvalue weighted by Gasteiger charge is -2.26. The number of benzene rings is 2. The Kier molecular flexibility index (Phi) is 7.44. The highest BCUT2D eigenvalue weighted by atomic mass is 32.2. The second-order valence-electron chi connectivity index (χ2n) is 7.40. The van der Waals surface area contributed by atoms with E-state index in [2.05, 4.69) is 12.2 Å². The van der Waals surface area contributed by atoms with E-state index in [0.29, 0.717) is 26.1 Å². The average molecular weight is 434 g/mol. The van der Waals surface area contributed by atoms with Crippen LogP contribution in [0.2, 0.25) is 0 Å². The van der Waals surface area contributed by atoms with E-state index in [1.807, 2.05) is 30.3 Å². The van der Waals surface area contributed by atoms with Crippen LogP contribution in [-0.4, -0.2) is 49.8 Å². The quantitative estimate of drug-likeness (QED) is 0.754. The normalized spacial score (nSPS) is 16.7. The number of rotatable bonds is 6. The molecule has 8 heteroatoms. The molecule has 0 aliphatic carbocycles. The fraction of sp³-hybridized carbons (Fsp3) is 0.409. The maximum atomic E-state index is 13.1. The zero-order chi connectivity index (χ0) is 21.6. The molecule has 2 amide bonds. The van der Waals surface area contributed by atoms with Gasteiger partial charge in [0.15, 0.2) is 0 Å². The van der Waals surface area contributed by atoms with Crippen LogP contribution in [0.4, 0.5) is 9.18 Å². The van der Waals surface area contributed by atoms with Crippen molar-refractivity contribution < 1.29 is 17.6 Å². The van der Waals surface area contributed by atoms with Crippen molar-refractivity contribution in [1.82, 2.24) is 14.5 Å². The number of halogens is 1. The zero-order valence-electron chi connectivity index (χ0n) is 17.1. The third kappa shape index (κ3) is 5.37. The van der Waals surface area contributed by atoms with Gasteiger partial charge in [0.25, 0.3) is 0 Å². The Hall–Kier alpha value is -2.45. The Morgan fingerprint density at radius 3 is 2.40 bits per heavy atom. The third-order valence-electron chi connectivity index (χ3n) is 5.27. The number of hydrogen-bond acceptors (Lipinski definition) is 3. The van der Waals surface area contributed by atoms with Gasteiger partial charge in [-0.3, -0.25) is 0 Å². The molecule has 1 aliphatic rings. The molecule has 3 rings (SSSR count). The van der Waals surface area contributed by atoms with Gasteiger partial charge in [0.1, 0.15) is 5.82 Å². The lowest BCUT2D eigenvalue weighted by molar-refractivity contribution is 0.195. The Morgan fingerprint density at radius 1 is 1.03 bits per heavy atom. The van der Waals surface area contributed by atoms with Crippen molar-refractivity contribution in [3.8, 4) is 0 Å². The van der Waals surface area contributed by atoms with E-state index in [1.54, 1.807) is 4.90 Å². The van der Waals surface area contributed by atoms with Crippen LogP contribution < -0.4 is 5.32 Å². The molecular weight excluding hydrogens is 405 g/mol. The molecule has 0 saturated carbocycles. The summed E-state index contributed by atoms with van der Waals surface area (Å²) in [4.78, 5) is 14.6. The molecule has 1 N–H and O–H groups in total. The van der Waals surface area contributed by atoms with Crippen molar-refractivity contribution in [2.75, 3.05) is 26.2 Å². The summed E-state index contributed by atoms with van der Waals surface area (Å²) in [6.45, 7) is 3.39. The van der Waals surface area contributed by atoms with E-state index in [9.17, 15) is 17.6 Å². The molecular formula is C22H28FN3O3S. The van der Waals surface area contributed by atoms with Gasteiger partial charge in [0, 0.05) is 26.2 Å². The minimum atomic E-state index is -3.72. The molecule has 0 aromatic heterocycles. The molecule has 2 aromatic carbocycles. The molecule has 0 bridgehead atoms. The highest BCUT2D eigenvalue weighted by Crippen LogP contribution is 2.20. The Morgan fingerprint density at radius 2 is 1.73 bits per heavy atom. The smallest absolute Gasteiger partial charge is 0.317 e. The number of amides is 2. The van der Waals surface area contributed by atoms with Gasteiger partial charge in [0.05, 0.1) is 10.9 Å². The van der Waals surface area contributed by atoms with Crippen molar-refractivity contribution in [3.63, 3.8) is 0 Å². The van der Waals surface area contributed by atoms with Gasteiger partial charge in [-0.1, -0.05) is 43.7 Å². The van der Waals surface area contributed by atoms with Crippen LogP contribution in [0.25, 0.3) is 0 Å². The summed E-state index contributed by atoms with van der Waals surface area (Å²) in [5, 5.41) is 3.10. The monoisotopic (exact) mass is 433 g/mol. The van der Waals surface area contributed by atoms with Crippen LogP contribution >= 0.6 is 0 Å². The molecule has 0 spiro atoms. The first-order valence-corrected chi connectivity index (χ1v) is 11.7. The highest BCUT2D eigenvalue weighted by molar-refractivity contribution is 7.89. The van der Waals surface area contributed by atoms with Crippen molar-refractivity contribution in [1.29, 1.82) is 0 Å². The summed E-state index contributed by atoms with van der Waals surface area (Å²) < 4.78 is 40.2. The summed E-state index contributed by atoms with van der Waals surface area (Å²) in [6.07, 6.45) is 2.30. The predicted octanol–water partition coefficient (Wildman–Crippen LogP) is 3.77. The zero-order valence-corrected chi connectivity index (χ0v) is 17.9. The molecule has 2 aromatic rings. The van der Waals surface area contributed by atoms with Crippen molar-refractivity contribution in [3.05, 3.63) is 66.0 Å². The lowest BCUT2D eigenvalue weighted by atomic mass is 10.0. The standard InChI is InChI=1S/C22H28FN3O3S/c1-2-7-21(18-8-4-3-5-9-18)24-22(27)25-14-6-15-26(17-16-25)30(28,29)20-12-10-19(23)11-13-20/h3-5,8-13,21H,2,6-7,14-17H2,1H3,(H,24,27).